The van der Waals surface area contributed by atoms with E-state index in [0.717, 1.165) is 12.0 Å². The van der Waals surface area contributed by atoms with Crippen molar-refractivity contribution < 1.29 is 13.9 Å². The molecule has 1 aromatic heterocycles. The molecule has 0 N–H and O–H groups in total. The Morgan fingerprint density at radius 1 is 1.45 bits per heavy atom. The maximum absolute atomic E-state index is 13.7. The Kier molecular flexibility index (Phi) is 2.02. The Balaban J connectivity index is 1.50. The number of amides is 1. The second kappa shape index (κ2) is 3.60. The van der Waals surface area contributed by atoms with Crippen LogP contribution in [0, 0.1) is 16.7 Å². The maximum atomic E-state index is 13.7. The summed E-state index contributed by atoms with van der Waals surface area (Å²) in [6.45, 7) is 0.518. The first-order chi connectivity index (χ1) is 10.5. The molecule has 2 aliphatic heterocycles. The van der Waals surface area contributed by atoms with E-state index in [4.69, 9.17) is 4.74 Å². The number of halogens is 1. The van der Waals surface area contributed by atoms with Gasteiger partial charge < -0.3 is 9.64 Å². The Bertz CT molecular complexity index is 736. The van der Waals surface area contributed by atoms with Crippen LogP contribution in [0.5, 0.6) is 5.75 Å². The minimum Gasteiger partial charge on any atom is -0.487 e. The number of hydrogen-bond acceptors (Lipinski definition) is 4. The number of aromatic nitrogens is 1. The molecule has 0 spiro atoms. The lowest BCUT2D eigenvalue weighted by atomic mass is 9.42. The third-order valence-corrected chi connectivity index (χ3v) is 5.63. The van der Waals surface area contributed by atoms with Gasteiger partial charge >= 0.3 is 0 Å². The number of hydrogen-bond donors (Lipinski definition) is 0. The summed E-state index contributed by atoms with van der Waals surface area (Å²) in [6.07, 6.45) is 4.93. The van der Waals surface area contributed by atoms with Gasteiger partial charge in [0.25, 0.3) is 0 Å². The lowest BCUT2D eigenvalue weighted by molar-refractivity contribution is -0.222. The van der Waals surface area contributed by atoms with Gasteiger partial charge in [-0.2, -0.15) is 5.26 Å². The van der Waals surface area contributed by atoms with Gasteiger partial charge in [0.15, 0.2) is 0 Å². The summed E-state index contributed by atoms with van der Waals surface area (Å²) in [5.41, 5.74) is -0.321. The highest BCUT2D eigenvalue weighted by molar-refractivity contribution is 5.88. The number of rotatable bonds is 1. The van der Waals surface area contributed by atoms with Crippen LogP contribution in [0.1, 0.15) is 42.9 Å². The maximum Gasteiger partial charge on any atom is 0.229 e. The summed E-state index contributed by atoms with van der Waals surface area (Å²) in [5, 5.41) is 9.18. The van der Waals surface area contributed by atoms with Gasteiger partial charge in [0.1, 0.15) is 29.2 Å². The quantitative estimate of drug-likeness (QED) is 0.794. The van der Waals surface area contributed by atoms with Gasteiger partial charge in [-0.15, -0.1) is 0 Å². The highest BCUT2D eigenvalue weighted by Crippen LogP contribution is 2.70. The van der Waals surface area contributed by atoms with Crippen molar-refractivity contribution in [2.45, 2.75) is 43.5 Å². The van der Waals surface area contributed by atoms with E-state index in [1.807, 2.05) is 4.90 Å². The van der Waals surface area contributed by atoms with Gasteiger partial charge in [-0.3, -0.25) is 9.78 Å². The lowest BCUT2D eigenvalue weighted by Gasteiger charge is -2.65. The fraction of sp³-hybridized carbons (Fsp3) is 0.562. The number of nitrogens with zero attached hydrogens (tertiary/aromatic N) is 3. The summed E-state index contributed by atoms with van der Waals surface area (Å²) >= 11 is 0. The van der Waals surface area contributed by atoms with E-state index in [-0.39, 0.29) is 18.1 Å². The first-order valence-corrected chi connectivity index (χ1v) is 7.58. The number of ether oxygens (including phenoxy) is 1. The number of fused-ring (bicyclic) bond motifs is 4. The SMILES string of the molecule is N#Cc1cncc2c1O[C@H]1C[C@@H]2N(C(=O)C23CC(F)(C2)C3)C1. The van der Waals surface area contributed by atoms with Crippen molar-refractivity contribution >= 4 is 5.91 Å². The van der Waals surface area contributed by atoms with E-state index < -0.39 is 11.1 Å². The Morgan fingerprint density at radius 3 is 2.91 bits per heavy atom. The molecule has 1 amide bonds. The van der Waals surface area contributed by atoms with E-state index in [2.05, 4.69) is 11.1 Å². The monoisotopic (exact) mass is 299 g/mol. The van der Waals surface area contributed by atoms with Crippen LogP contribution in [0.2, 0.25) is 0 Å². The molecule has 6 rings (SSSR count). The standard InChI is InChI=1S/C16H14FN3O2/c17-16-6-15(7-16,8-16)14(21)20-5-10-1-12(20)11-4-19-3-9(2-18)13(11)22-10/h3-4,10,12H,1,5-8H2/t10-,12-,15?,16?/m0/s1. The topological polar surface area (TPSA) is 66.2 Å². The van der Waals surface area contributed by atoms with Crippen molar-refractivity contribution in [3.05, 3.63) is 23.5 Å². The molecule has 3 saturated carbocycles. The van der Waals surface area contributed by atoms with Crippen LogP contribution in [0.3, 0.4) is 0 Å². The highest BCUT2D eigenvalue weighted by Gasteiger charge is 2.74. The molecule has 3 heterocycles. The summed E-state index contributed by atoms with van der Waals surface area (Å²) in [7, 11) is 0. The van der Waals surface area contributed by atoms with Gasteiger partial charge in [0, 0.05) is 24.4 Å². The minimum absolute atomic E-state index is 0.0540. The minimum atomic E-state index is -1.07. The molecular formula is C16H14FN3O2. The van der Waals surface area contributed by atoms with E-state index in [0.29, 0.717) is 37.1 Å². The van der Waals surface area contributed by atoms with E-state index in [1.54, 1.807) is 6.20 Å². The number of carbonyl (C=O) groups excluding carboxylic acids is 1. The molecule has 0 aromatic carbocycles. The third kappa shape index (κ3) is 1.32. The number of carbonyl (C=O) groups is 1. The molecule has 0 radical (unpaired) electrons. The van der Waals surface area contributed by atoms with Gasteiger partial charge in [-0.25, -0.2) is 4.39 Å². The Morgan fingerprint density at radius 2 is 2.23 bits per heavy atom. The van der Waals surface area contributed by atoms with E-state index in [9.17, 15) is 14.4 Å². The van der Waals surface area contributed by atoms with Gasteiger partial charge in [-0.1, -0.05) is 0 Å². The molecule has 1 aromatic rings. The molecule has 2 atom stereocenters. The smallest absolute Gasteiger partial charge is 0.229 e. The molecule has 5 nitrogen and oxygen atoms in total. The first kappa shape index (κ1) is 12.4. The Hall–Kier alpha value is -2.16. The fourth-order valence-electron chi connectivity index (χ4n) is 4.68. The summed E-state index contributed by atoms with van der Waals surface area (Å²) in [6, 6.07) is 2.00. The number of likely N-dealkylation sites (tertiary alicyclic amines) is 1. The largest absolute Gasteiger partial charge is 0.487 e. The van der Waals surface area contributed by atoms with Crippen LogP contribution in [0.4, 0.5) is 4.39 Å². The zero-order valence-electron chi connectivity index (χ0n) is 11.9. The van der Waals surface area contributed by atoms with Gasteiger partial charge in [-0.05, 0) is 19.3 Å². The molecule has 112 valence electrons. The van der Waals surface area contributed by atoms with Crippen molar-refractivity contribution in [1.29, 1.82) is 5.26 Å². The van der Waals surface area contributed by atoms with Crippen LogP contribution in [0.25, 0.3) is 0 Å². The molecule has 4 bridgehead atoms. The molecule has 22 heavy (non-hydrogen) atoms. The molecule has 3 aliphatic carbocycles. The zero-order chi connectivity index (χ0) is 15.1. The fourth-order valence-corrected chi connectivity index (χ4v) is 4.68. The predicted molar refractivity (Wildman–Crippen MR) is 72.6 cm³/mol. The van der Waals surface area contributed by atoms with E-state index in [1.165, 1.54) is 6.20 Å². The third-order valence-electron chi connectivity index (χ3n) is 5.63. The van der Waals surface area contributed by atoms with Crippen LogP contribution in [-0.4, -0.2) is 34.1 Å². The van der Waals surface area contributed by atoms with Crippen molar-refractivity contribution in [3.63, 3.8) is 0 Å². The lowest BCUT2D eigenvalue weighted by Crippen LogP contribution is -2.70. The number of pyridine rings is 1. The molecule has 6 heteroatoms. The van der Waals surface area contributed by atoms with Crippen LogP contribution in [0.15, 0.2) is 12.4 Å². The molecule has 0 unspecified atom stereocenters. The van der Waals surface area contributed by atoms with Crippen LogP contribution in [-0.2, 0) is 4.79 Å². The molecule has 4 fully saturated rings. The number of alkyl halides is 1. The second-order valence-electron chi connectivity index (χ2n) is 7.13. The predicted octanol–water partition coefficient (Wildman–Crippen LogP) is 1.88. The summed E-state index contributed by atoms with van der Waals surface area (Å²) in [5.74, 6) is 0.618. The normalized spacial score (nSPS) is 39.9. The molecule has 5 aliphatic rings. The zero-order valence-corrected chi connectivity index (χ0v) is 11.9. The molecular weight excluding hydrogens is 285 g/mol. The number of nitriles is 1. The van der Waals surface area contributed by atoms with Crippen molar-refractivity contribution in [2.24, 2.45) is 5.41 Å². The van der Waals surface area contributed by atoms with Crippen LogP contribution < -0.4 is 4.74 Å². The Labute approximate surface area is 126 Å². The van der Waals surface area contributed by atoms with E-state index >= 15 is 0 Å². The van der Waals surface area contributed by atoms with Crippen molar-refractivity contribution in [2.75, 3.05) is 6.54 Å². The summed E-state index contributed by atoms with van der Waals surface area (Å²) < 4.78 is 19.6. The second-order valence-corrected chi connectivity index (χ2v) is 7.13. The average molecular weight is 299 g/mol. The van der Waals surface area contributed by atoms with Crippen LogP contribution >= 0.6 is 0 Å². The van der Waals surface area contributed by atoms with Crippen molar-refractivity contribution in [3.8, 4) is 11.8 Å². The average Bonchev–Trinajstić information content (AvgIpc) is 2.80. The van der Waals surface area contributed by atoms with Gasteiger partial charge in [0.05, 0.1) is 18.0 Å². The summed E-state index contributed by atoms with van der Waals surface area (Å²) in [4.78, 5) is 18.8. The van der Waals surface area contributed by atoms with Crippen molar-refractivity contribution in [1.82, 2.24) is 9.88 Å². The first-order valence-electron chi connectivity index (χ1n) is 7.58. The van der Waals surface area contributed by atoms with Gasteiger partial charge in [0.2, 0.25) is 5.91 Å². The highest BCUT2D eigenvalue weighted by atomic mass is 19.1. The molecule has 1 saturated heterocycles.